The van der Waals surface area contributed by atoms with E-state index in [1.54, 1.807) is 16.7 Å². The number of thiocarbonyl (C=S) groups is 1. The third-order valence-electron chi connectivity index (χ3n) is 3.05. The molecule has 0 aromatic carbocycles. The molecule has 0 atom stereocenters. The van der Waals surface area contributed by atoms with Gasteiger partial charge in [-0.05, 0) is 13.3 Å². The number of amides is 1. The van der Waals surface area contributed by atoms with Crippen molar-refractivity contribution in [1.82, 2.24) is 9.80 Å². The molecule has 0 bridgehead atoms. The first-order valence-corrected chi connectivity index (χ1v) is 8.55. The Kier molecular flexibility index (Phi) is 4.98. The fraction of sp³-hybridized carbons (Fsp3) is 0.667. The summed E-state index contributed by atoms with van der Waals surface area (Å²) in [5, 5.41) is 1.13. The zero-order chi connectivity index (χ0) is 13.1. The number of unbranched alkanes of at least 4 members (excludes halogenated alkanes) is 1. The Labute approximate surface area is 122 Å². The molecule has 2 aliphatic rings. The van der Waals surface area contributed by atoms with Crippen molar-refractivity contribution in [2.24, 2.45) is 0 Å². The normalized spacial score (nSPS) is 24.6. The number of thioether (sulfide) groups is 2. The van der Waals surface area contributed by atoms with Crippen LogP contribution in [0.3, 0.4) is 0 Å². The largest absolute Gasteiger partial charge is 0.365 e. The van der Waals surface area contributed by atoms with Gasteiger partial charge in [0.15, 0.2) is 0 Å². The molecule has 0 N–H and O–H groups in total. The third kappa shape index (κ3) is 2.70. The van der Waals surface area contributed by atoms with Gasteiger partial charge in [0.25, 0.3) is 5.91 Å². The number of nitrogens with zero attached hydrogens (tertiary/aromatic N) is 2. The van der Waals surface area contributed by atoms with E-state index in [-0.39, 0.29) is 5.91 Å². The second kappa shape index (κ2) is 6.30. The molecule has 0 saturated carbocycles. The van der Waals surface area contributed by atoms with E-state index in [4.69, 9.17) is 12.2 Å². The summed E-state index contributed by atoms with van der Waals surface area (Å²) >= 11 is 8.58. The highest BCUT2D eigenvalue weighted by atomic mass is 32.2. The molecule has 100 valence electrons. The van der Waals surface area contributed by atoms with Crippen molar-refractivity contribution in [3.8, 4) is 0 Å². The first kappa shape index (κ1) is 14.2. The van der Waals surface area contributed by atoms with Crippen LogP contribution in [0.1, 0.15) is 26.7 Å². The Morgan fingerprint density at radius 2 is 2.17 bits per heavy atom. The predicted octanol–water partition coefficient (Wildman–Crippen LogP) is 2.88. The van der Waals surface area contributed by atoms with Gasteiger partial charge in [-0.15, -0.1) is 11.8 Å². The lowest BCUT2D eigenvalue weighted by Gasteiger charge is -2.17. The molecule has 2 heterocycles. The van der Waals surface area contributed by atoms with Crippen molar-refractivity contribution in [2.75, 3.05) is 25.4 Å². The zero-order valence-electron chi connectivity index (χ0n) is 10.8. The van der Waals surface area contributed by atoms with Crippen LogP contribution >= 0.6 is 35.7 Å². The average molecular weight is 302 g/mol. The number of carbonyl (C=O) groups excluding carboxylic acids is 1. The van der Waals surface area contributed by atoms with Crippen LogP contribution in [-0.2, 0) is 4.79 Å². The maximum atomic E-state index is 12.4. The molecule has 18 heavy (non-hydrogen) atoms. The molecule has 2 saturated heterocycles. The van der Waals surface area contributed by atoms with Crippen molar-refractivity contribution in [3.63, 3.8) is 0 Å². The molecule has 3 nitrogen and oxygen atoms in total. The molecule has 1 amide bonds. The minimum atomic E-state index is 0.112. The fourth-order valence-corrected chi connectivity index (χ4v) is 4.72. The van der Waals surface area contributed by atoms with E-state index in [0.717, 1.165) is 52.5 Å². The van der Waals surface area contributed by atoms with Crippen molar-refractivity contribution < 1.29 is 4.79 Å². The van der Waals surface area contributed by atoms with E-state index in [1.807, 2.05) is 0 Å². The lowest BCUT2D eigenvalue weighted by atomic mass is 10.3. The van der Waals surface area contributed by atoms with E-state index in [2.05, 4.69) is 18.7 Å². The number of carbonyl (C=O) groups is 1. The van der Waals surface area contributed by atoms with Crippen LogP contribution in [0.15, 0.2) is 9.93 Å². The zero-order valence-corrected chi connectivity index (χ0v) is 13.2. The van der Waals surface area contributed by atoms with Crippen LogP contribution in [0.4, 0.5) is 0 Å². The van der Waals surface area contributed by atoms with E-state index in [0.29, 0.717) is 0 Å². The van der Waals surface area contributed by atoms with Gasteiger partial charge in [-0.2, -0.15) is 0 Å². The van der Waals surface area contributed by atoms with Crippen molar-refractivity contribution in [2.45, 2.75) is 26.7 Å². The summed E-state index contributed by atoms with van der Waals surface area (Å²) in [7, 11) is 0. The van der Waals surface area contributed by atoms with Gasteiger partial charge in [0, 0.05) is 25.4 Å². The van der Waals surface area contributed by atoms with Gasteiger partial charge in [0.2, 0.25) is 0 Å². The number of hydrogen-bond acceptors (Lipinski definition) is 5. The SMILES string of the molecule is CCCCN1C(=O)C(=C2SCCN2CC)SC1=S. The summed E-state index contributed by atoms with van der Waals surface area (Å²) in [6, 6.07) is 0. The van der Waals surface area contributed by atoms with E-state index < -0.39 is 0 Å². The smallest absolute Gasteiger partial charge is 0.268 e. The molecule has 0 aromatic rings. The minimum Gasteiger partial charge on any atom is -0.365 e. The summed E-state index contributed by atoms with van der Waals surface area (Å²) in [5.41, 5.74) is 0. The summed E-state index contributed by atoms with van der Waals surface area (Å²) in [5.74, 6) is 1.18. The van der Waals surface area contributed by atoms with Crippen molar-refractivity contribution in [1.29, 1.82) is 0 Å². The first-order valence-electron chi connectivity index (χ1n) is 6.34. The van der Waals surface area contributed by atoms with Crippen LogP contribution in [0.25, 0.3) is 0 Å². The summed E-state index contributed by atoms with van der Waals surface area (Å²) in [6.45, 7) is 7.01. The Morgan fingerprint density at radius 3 is 2.83 bits per heavy atom. The maximum absolute atomic E-state index is 12.4. The number of rotatable bonds is 4. The van der Waals surface area contributed by atoms with Gasteiger partial charge in [0.1, 0.15) is 9.23 Å². The monoisotopic (exact) mass is 302 g/mol. The Balaban J connectivity index is 2.19. The van der Waals surface area contributed by atoms with Crippen LogP contribution in [0, 0.1) is 0 Å². The third-order valence-corrected chi connectivity index (χ3v) is 5.74. The van der Waals surface area contributed by atoms with Gasteiger partial charge < -0.3 is 4.90 Å². The highest BCUT2D eigenvalue weighted by Gasteiger charge is 2.36. The van der Waals surface area contributed by atoms with Gasteiger partial charge in [0.05, 0.1) is 5.03 Å². The molecule has 6 heteroatoms. The van der Waals surface area contributed by atoms with Crippen molar-refractivity contribution >= 4 is 46.0 Å². The molecule has 0 unspecified atom stereocenters. The molecule has 2 rings (SSSR count). The highest BCUT2D eigenvalue weighted by Crippen LogP contribution is 2.40. The van der Waals surface area contributed by atoms with Crippen LogP contribution in [-0.4, -0.2) is 45.4 Å². The van der Waals surface area contributed by atoms with Gasteiger partial charge >= 0.3 is 0 Å². The van der Waals surface area contributed by atoms with E-state index in [9.17, 15) is 4.79 Å². The lowest BCUT2D eigenvalue weighted by Crippen LogP contribution is -2.29. The molecule has 0 aromatic heterocycles. The highest BCUT2D eigenvalue weighted by molar-refractivity contribution is 8.27. The quantitative estimate of drug-likeness (QED) is 0.587. The first-order chi connectivity index (χ1) is 8.69. The molecule has 0 spiro atoms. The van der Waals surface area contributed by atoms with Gasteiger partial charge in [-0.1, -0.05) is 37.3 Å². The Hall–Kier alpha value is -0.200. The van der Waals surface area contributed by atoms with E-state index >= 15 is 0 Å². The molecular formula is C12H18N2OS3. The summed E-state index contributed by atoms with van der Waals surface area (Å²) in [4.78, 5) is 17.3. The lowest BCUT2D eigenvalue weighted by molar-refractivity contribution is -0.122. The van der Waals surface area contributed by atoms with Gasteiger partial charge in [-0.3, -0.25) is 9.69 Å². The molecule has 2 aliphatic heterocycles. The van der Waals surface area contributed by atoms with Crippen LogP contribution in [0.5, 0.6) is 0 Å². The molecular weight excluding hydrogens is 284 g/mol. The molecule has 0 radical (unpaired) electrons. The fourth-order valence-electron chi connectivity index (χ4n) is 1.99. The second-order valence-corrected chi connectivity index (χ2v) is 6.97. The van der Waals surface area contributed by atoms with Crippen LogP contribution in [0.2, 0.25) is 0 Å². The Morgan fingerprint density at radius 1 is 1.39 bits per heavy atom. The predicted molar refractivity (Wildman–Crippen MR) is 83.5 cm³/mol. The minimum absolute atomic E-state index is 0.112. The second-order valence-electron chi connectivity index (χ2n) is 4.24. The Bertz CT molecular complexity index is 395. The number of hydrogen-bond donors (Lipinski definition) is 0. The standard InChI is InChI=1S/C12H18N2OS3/c1-3-5-6-14-10(15)9(18-12(14)16)11-13(4-2)7-8-17-11/h3-8H2,1-2H3. The average Bonchev–Trinajstić information content (AvgIpc) is 2.93. The van der Waals surface area contributed by atoms with E-state index in [1.165, 1.54) is 11.8 Å². The molecule has 2 fully saturated rings. The summed E-state index contributed by atoms with van der Waals surface area (Å²) < 4.78 is 0.722. The topological polar surface area (TPSA) is 23.6 Å². The van der Waals surface area contributed by atoms with Crippen molar-refractivity contribution in [3.05, 3.63) is 9.93 Å². The maximum Gasteiger partial charge on any atom is 0.268 e. The molecule has 0 aliphatic carbocycles. The van der Waals surface area contributed by atoms with Gasteiger partial charge in [-0.25, -0.2) is 0 Å². The van der Waals surface area contributed by atoms with Crippen LogP contribution < -0.4 is 0 Å². The summed E-state index contributed by atoms with van der Waals surface area (Å²) in [6.07, 6.45) is 2.10.